The molecule has 2 heterocycles. The second-order valence-corrected chi connectivity index (χ2v) is 7.50. The van der Waals surface area contributed by atoms with Crippen molar-refractivity contribution >= 4 is 11.6 Å². The number of rotatable bonds is 5. The first kappa shape index (κ1) is 18.8. The van der Waals surface area contributed by atoms with E-state index >= 15 is 0 Å². The van der Waals surface area contributed by atoms with E-state index < -0.39 is 0 Å². The van der Waals surface area contributed by atoms with Crippen molar-refractivity contribution in [2.24, 2.45) is 5.73 Å². The van der Waals surface area contributed by atoms with Crippen molar-refractivity contribution in [2.75, 3.05) is 38.8 Å². The molecule has 2 aromatic rings. The zero-order chi connectivity index (χ0) is 19.7. The van der Waals surface area contributed by atoms with Crippen molar-refractivity contribution in [1.82, 2.24) is 4.90 Å². The summed E-state index contributed by atoms with van der Waals surface area (Å²) in [7, 11) is 3.23. The van der Waals surface area contributed by atoms with Gasteiger partial charge in [-0.15, -0.1) is 0 Å². The summed E-state index contributed by atoms with van der Waals surface area (Å²) in [5.41, 5.74) is 8.50. The third-order valence-corrected chi connectivity index (χ3v) is 5.89. The molecule has 2 aliphatic rings. The van der Waals surface area contributed by atoms with Crippen molar-refractivity contribution in [3.63, 3.8) is 0 Å². The third-order valence-electron chi connectivity index (χ3n) is 5.89. The lowest BCUT2D eigenvalue weighted by molar-refractivity contribution is -0.121. The van der Waals surface area contributed by atoms with Crippen LogP contribution >= 0.6 is 0 Å². The van der Waals surface area contributed by atoms with Gasteiger partial charge in [0, 0.05) is 49.8 Å². The molecule has 6 heteroatoms. The lowest BCUT2D eigenvalue weighted by atomic mass is 9.95. The molecule has 2 fully saturated rings. The first-order valence-electron chi connectivity index (χ1n) is 9.69. The number of methoxy groups -OCH3 is 2. The van der Waals surface area contributed by atoms with Gasteiger partial charge in [0.2, 0.25) is 5.91 Å². The van der Waals surface area contributed by atoms with Gasteiger partial charge in [-0.2, -0.15) is 0 Å². The summed E-state index contributed by atoms with van der Waals surface area (Å²) in [6, 6.07) is 15.8. The average molecular weight is 381 g/mol. The van der Waals surface area contributed by atoms with Gasteiger partial charge in [0.25, 0.3) is 0 Å². The molecule has 1 unspecified atom stereocenters. The van der Waals surface area contributed by atoms with Gasteiger partial charge in [0.05, 0.1) is 25.9 Å². The summed E-state index contributed by atoms with van der Waals surface area (Å²) in [5.74, 6) is 1.74. The van der Waals surface area contributed by atoms with Crippen LogP contribution < -0.4 is 20.1 Å². The number of hydrogen-bond acceptors (Lipinski definition) is 5. The van der Waals surface area contributed by atoms with Crippen LogP contribution in [0.3, 0.4) is 0 Å². The molecule has 0 spiro atoms. The number of benzene rings is 2. The predicted octanol–water partition coefficient (Wildman–Crippen LogP) is 2.24. The molecule has 3 atom stereocenters. The number of likely N-dealkylation sites (tertiary alicyclic amines) is 1. The molecule has 2 aromatic carbocycles. The van der Waals surface area contributed by atoms with E-state index in [1.807, 2.05) is 41.3 Å². The van der Waals surface area contributed by atoms with Crippen LogP contribution in [-0.4, -0.2) is 56.7 Å². The minimum absolute atomic E-state index is 0.0427. The second-order valence-electron chi connectivity index (χ2n) is 7.50. The lowest BCUT2D eigenvalue weighted by Crippen LogP contribution is -2.41. The van der Waals surface area contributed by atoms with Gasteiger partial charge >= 0.3 is 0 Å². The summed E-state index contributed by atoms with van der Waals surface area (Å²) in [5, 5.41) is 0. The van der Waals surface area contributed by atoms with Crippen LogP contribution in [0.25, 0.3) is 0 Å². The van der Waals surface area contributed by atoms with Crippen molar-refractivity contribution < 1.29 is 14.3 Å². The summed E-state index contributed by atoms with van der Waals surface area (Å²) >= 11 is 0. The molecule has 2 N–H and O–H groups in total. The van der Waals surface area contributed by atoms with Crippen LogP contribution in [-0.2, 0) is 4.79 Å². The van der Waals surface area contributed by atoms with Crippen LogP contribution in [0, 0.1) is 0 Å². The number of nitrogens with two attached hydrogens (primary N) is 1. The van der Waals surface area contributed by atoms with Gasteiger partial charge in [-0.1, -0.05) is 30.3 Å². The Hall–Kier alpha value is -2.57. The molecule has 0 aliphatic carbocycles. The predicted molar refractivity (Wildman–Crippen MR) is 109 cm³/mol. The fourth-order valence-electron chi connectivity index (χ4n) is 4.38. The number of hydrogen-bond donors (Lipinski definition) is 1. The lowest BCUT2D eigenvalue weighted by Gasteiger charge is -2.24. The smallest absolute Gasteiger partial charge is 0.244 e. The van der Waals surface area contributed by atoms with E-state index in [1.54, 1.807) is 14.2 Å². The van der Waals surface area contributed by atoms with Gasteiger partial charge in [0.1, 0.15) is 11.5 Å². The summed E-state index contributed by atoms with van der Waals surface area (Å²) in [6.45, 7) is 2.24. The number of amides is 1. The zero-order valence-corrected chi connectivity index (χ0v) is 16.4. The van der Waals surface area contributed by atoms with Crippen LogP contribution in [0.5, 0.6) is 11.5 Å². The maximum Gasteiger partial charge on any atom is 0.244 e. The molecule has 4 rings (SSSR count). The van der Waals surface area contributed by atoms with Gasteiger partial charge < -0.3 is 20.1 Å². The molecule has 148 valence electrons. The Morgan fingerprint density at radius 1 is 1.00 bits per heavy atom. The molecule has 0 saturated carbocycles. The number of carbonyl (C=O) groups excluding carboxylic acids is 1. The molecule has 2 aliphatic heterocycles. The van der Waals surface area contributed by atoms with Crippen LogP contribution in [0.15, 0.2) is 48.5 Å². The van der Waals surface area contributed by atoms with Crippen LogP contribution in [0.4, 0.5) is 5.69 Å². The second kappa shape index (κ2) is 7.81. The number of carbonyl (C=O) groups is 1. The number of ether oxygens (including phenoxy) is 2. The molecular formula is C22H27N3O3. The fourth-order valence-corrected chi connectivity index (χ4v) is 4.38. The maximum atomic E-state index is 13.2. The Morgan fingerprint density at radius 3 is 2.32 bits per heavy atom. The minimum Gasteiger partial charge on any atom is -0.497 e. The van der Waals surface area contributed by atoms with E-state index in [9.17, 15) is 4.79 Å². The van der Waals surface area contributed by atoms with E-state index in [2.05, 4.69) is 17.0 Å². The normalized spacial score (nSPS) is 25.3. The number of anilines is 1. The molecule has 28 heavy (non-hydrogen) atoms. The molecular weight excluding hydrogens is 354 g/mol. The molecule has 2 saturated heterocycles. The van der Waals surface area contributed by atoms with Crippen molar-refractivity contribution in [2.45, 2.75) is 24.4 Å². The zero-order valence-electron chi connectivity index (χ0n) is 16.4. The highest BCUT2D eigenvalue weighted by molar-refractivity contribution is 5.99. The van der Waals surface area contributed by atoms with E-state index in [0.717, 1.165) is 25.2 Å². The van der Waals surface area contributed by atoms with Gasteiger partial charge in [-0.05, 0) is 12.0 Å². The molecule has 6 nitrogen and oxygen atoms in total. The first-order valence-corrected chi connectivity index (χ1v) is 9.69. The van der Waals surface area contributed by atoms with E-state index in [1.165, 1.54) is 5.56 Å². The van der Waals surface area contributed by atoms with E-state index in [0.29, 0.717) is 18.0 Å². The maximum absolute atomic E-state index is 13.2. The van der Waals surface area contributed by atoms with E-state index in [-0.39, 0.29) is 23.9 Å². The Balaban J connectivity index is 1.51. The average Bonchev–Trinajstić information content (AvgIpc) is 3.30. The van der Waals surface area contributed by atoms with Crippen molar-refractivity contribution in [3.8, 4) is 11.5 Å². The summed E-state index contributed by atoms with van der Waals surface area (Å²) < 4.78 is 10.7. The Kier molecular flexibility index (Phi) is 5.24. The quantitative estimate of drug-likeness (QED) is 0.860. The Morgan fingerprint density at radius 2 is 1.68 bits per heavy atom. The SMILES string of the molecule is COc1cc(OC)cc(N2CCC(N3C[C@@H](N)[C@H](c4ccccc4)C3)C2=O)c1. The van der Waals surface area contributed by atoms with Gasteiger partial charge in [-0.3, -0.25) is 9.69 Å². The monoisotopic (exact) mass is 381 g/mol. The Labute approximate surface area is 165 Å². The Bertz CT molecular complexity index is 820. The summed E-state index contributed by atoms with van der Waals surface area (Å²) in [6.07, 6.45) is 0.798. The first-order chi connectivity index (χ1) is 13.6. The summed E-state index contributed by atoms with van der Waals surface area (Å²) in [4.78, 5) is 17.3. The highest BCUT2D eigenvalue weighted by Gasteiger charge is 2.42. The van der Waals surface area contributed by atoms with E-state index in [4.69, 9.17) is 15.2 Å². The van der Waals surface area contributed by atoms with Crippen LogP contribution in [0.2, 0.25) is 0 Å². The topological polar surface area (TPSA) is 68.0 Å². The van der Waals surface area contributed by atoms with Gasteiger partial charge in [-0.25, -0.2) is 0 Å². The number of nitrogens with zero attached hydrogens (tertiary/aromatic N) is 2. The molecule has 0 bridgehead atoms. The third kappa shape index (κ3) is 3.45. The van der Waals surface area contributed by atoms with Crippen molar-refractivity contribution in [3.05, 3.63) is 54.1 Å². The van der Waals surface area contributed by atoms with Gasteiger partial charge in [0.15, 0.2) is 0 Å². The minimum atomic E-state index is -0.128. The van der Waals surface area contributed by atoms with Crippen molar-refractivity contribution in [1.29, 1.82) is 0 Å². The highest BCUT2D eigenvalue weighted by atomic mass is 16.5. The standard InChI is InChI=1S/C22H27N3O3/c1-27-17-10-16(11-18(12-17)28-2)25-9-8-21(22(25)26)24-13-19(20(23)14-24)15-6-4-3-5-7-15/h3-7,10-12,19-21H,8-9,13-14,23H2,1-2H3/t19-,20+,21?/m0/s1. The molecule has 1 amide bonds. The molecule has 0 radical (unpaired) electrons. The largest absolute Gasteiger partial charge is 0.497 e. The van der Waals surface area contributed by atoms with Crippen LogP contribution in [0.1, 0.15) is 17.9 Å². The molecule has 0 aromatic heterocycles. The fraction of sp³-hybridized carbons (Fsp3) is 0.409. The highest BCUT2D eigenvalue weighted by Crippen LogP contribution is 2.34.